The number of pyridine rings is 1. The minimum Gasteiger partial charge on any atom is -0.262 e. The first-order valence-electron chi connectivity index (χ1n) is 5.17. The highest BCUT2D eigenvalue weighted by Crippen LogP contribution is 2.19. The van der Waals surface area contributed by atoms with Crippen molar-refractivity contribution in [3.63, 3.8) is 0 Å². The molecule has 0 fully saturated rings. The molecule has 5 heteroatoms. The van der Waals surface area contributed by atoms with E-state index < -0.39 is 0 Å². The number of imidazole rings is 1. The molecular weight excluding hydrogens is 280 g/mol. The molecule has 0 aliphatic rings. The molecule has 0 saturated carbocycles. The molecule has 0 saturated heterocycles. The summed E-state index contributed by atoms with van der Waals surface area (Å²) in [6, 6.07) is 7.87. The second-order valence-corrected chi connectivity index (χ2v) is 4.57. The van der Waals surface area contributed by atoms with Crippen LogP contribution in [0.5, 0.6) is 0 Å². The predicted molar refractivity (Wildman–Crippen MR) is 68.7 cm³/mol. The molecule has 0 spiro atoms. The zero-order valence-electron chi connectivity index (χ0n) is 9.13. The van der Waals surface area contributed by atoms with Gasteiger partial charge >= 0.3 is 0 Å². The highest BCUT2D eigenvalue weighted by Gasteiger charge is 2.05. The largest absolute Gasteiger partial charge is 0.262 e. The lowest BCUT2D eigenvalue weighted by Crippen LogP contribution is -1.95. The number of aromatic nitrogens is 4. The van der Waals surface area contributed by atoms with Gasteiger partial charge in [0.15, 0.2) is 5.65 Å². The van der Waals surface area contributed by atoms with Crippen molar-refractivity contribution in [1.29, 1.82) is 0 Å². The molecule has 0 aliphatic carbocycles. The van der Waals surface area contributed by atoms with Gasteiger partial charge in [-0.2, -0.15) is 5.10 Å². The molecule has 0 amide bonds. The van der Waals surface area contributed by atoms with Crippen LogP contribution < -0.4 is 0 Å². The average molecular weight is 289 g/mol. The summed E-state index contributed by atoms with van der Waals surface area (Å²) in [7, 11) is 0. The molecule has 3 aromatic heterocycles. The van der Waals surface area contributed by atoms with Crippen LogP contribution >= 0.6 is 15.9 Å². The topological polar surface area (TPSA) is 43.1 Å². The van der Waals surface area contributed by atoms with Crippen molar-refractivity contribution in [3.05, 3.63) is 47.0 Å². The van der Waals surface area contributed by atoms with Crippen LogP contribution in [-0.4, -0.2) is 19.6 Å². The summed E-state index contributed by atoms with van der Waals surface area (Å²) in [5.74, 6) is 0. The van der Waals surface area contributed by atoms with E-state index in [1.807, 2.05) is 31.2 Å². The third-order valence-electron chi connectivity index (χ3n) is 2.51. The van der Waals surface area contributed by atoms with Gasteiger partial charge < -0.3 is 0 Å². The monoisotopic (exact) mass is 288 g/mol. The van der Waals surface area contributed by atoms with Crippen molar-refractivity contribution in [2.45, 2.75) is 6.92 Å². The quantitative estimate of drug-likeness (QED) is 0.692. The molecule has 3 rings (SSSR count). The summed E-state index contributed by atoms with van der Waals surface area (Å²) in [6.45, 7) is 1.97. The fraction of sp³-hybridized carbons (Fsp3) is 0.0833. The lowest BCUT2D eigenvalue weighted by atomic mass is 10.1. The van der Waals surface area contributed by atoms with Gasteiger partial charge in [-0.1, -0.05) is 0 Å². The van der Waals surface area contributed by atoms with Crippen LogP contribution in [0.1, 0.15) is 5.69 Å². The van der Waals surface area contributed by atoms with Crippen LogP contribution in [0.2, 0.25) is 0 Å². The Morgan fingerprint density at radius 3 is 2.88 bits per heavy atom. The van der Waals surface area contributed by atoms with Gasteiger partial charge in [0.25, 0.3) is 0 Å². The van der Waals surface area contributed by atoms with Crippen LogP contribution in [-0.2, 0) is 0 Å². The Labute approximate surface area is 106 Å². The van der Waals surface area contributed by atoms with Gasteiger partial charge in [0.1, 0.15) is 4.60 Å². The first-order valence-corrected chi connectivity index (χ1v) is 5.97. The predicted octanol–water partition coefficient (Wildman–Crippen LogP) is 2.86. The van der Waals surface area contributed by atoms with E-state index in [2.05, 4.69) is 31.0 Å². The molecule has 0 unspecified atom stereocenters. The zero-order chi connectivity index (χ0) is 11.8. The number of halogens is 1. The summed E-state index contributed by atoms with van der Waals surface area (Å²) < 4.78 is 2.62. The third-order valence-corrected chi connectivity index (χ3v) is 3.05. The Morgan fingerprint density at radius 1 is 1.18 bits per heavy atom. The van der Waals surface area contributed by atoms with Crippen LogP contribution in [0.25, 0.3) is 16.9 Å². The van der Waals surface area contributed by atoms with Crippen LogP contribution in [0.4, 0.5) is 0 Å². The minimum absolute atomic E-state index is 0.825. The fourth-order valence-corrected chi connectivity index (χ4v) is 2.07. The number of nitrogens with zero attached hydrogens (tertiary/aromatic N) is 4. The van der Waals surface area contributed by atoms with Crippen molar-refractivity contribution >= 4 is 21.6 Å². The van der Waals surface area contributed by atoms with E-state index >= 15 is 0 Å². The molecule has 3 heterocycles. The Balaban J connectivity index is 2.20. The van der Waals surface area contributed by atoms with Crippen molar-refractivity contribution in [2.75, 3.05) is 0 Å². The number of hydrogen-bond acceptors (Lipinski definition) is 3. The maximum atomic E-state index is 4.53. The van der Waals surface area contributed by atoms with E-state index in [0.717, 1.165) is 27.2 Å². The number of hydrogen-bond donors (Lipinski definition) is 0. The van der Waals surface area contributed by atoms with Crippen LogP contribution in [0.3, 0.4) is 0 Å². The molecule has 0 aliphatic heterocycles. The van der Waals surface area contributed by atoms with Crippen molar-refractivity contribution in [1.82, 2.24) is 19.6 Å². The lowest BCUT2D eigenvalue weighted by Gasteiger charge is -2.02. The number of rotatable bonds is 1. The van der Waals surface area contributed by atoms with E-state index in [1.165, 1.54) is 0 Å². The van der Waals surface area contributed by atoms with Gasteiger partial charge in [-0.15, -0.1) is 0 Å². The van der Waals surface area contributed by atoms with Gasteiger partial charge in [-0.3, -0.25) is 4.98 Å². The second-order valence-electron chi connectivity index (χ2n) is 3.76. The number of aryl methyl sites for hydroxylation is 1. The van der Waals surface area contributed by atoms with E-state index in [-0.39, 0.29) is 0 Å². The fourth-order valence-electron chi connectivity index (χ4n) is 1.70. The van der Waals surface area contributed by atoms with Gasteiger partial charge in [0, 0.05) is 17.5 Å². The maximum Gasteiger partial charge on any atom is 0.154 e. The molecule has 0 aromatic carbocycles. The van der Waals surface area contributed by atoms with Crippen molar-refractivity contribution in [3.8, 4) is 11.3 Å². The summed E-state index contributed by atoms with van der Waals surface area (Å²) in [4.78, 5) is 8.39. The average Bonchev–Trinajstić information content (AvgIpc) is 2.71. The minimum atomic E-state index is 0.825. The van der Waals surface area contributed by atoms with Gasteiger partial charge in [-0.25, -0.2) is 9.50 Å². The maximum absolute atomic E-state index is 4.53. The summed E-state index contributed by atoms with van der Waals surface area (Å²) >= 11 is 3.41. The van der Waals surface area contributed by atoms with Gasteiger partial charge in [0.2, 0.25) is 0 Å². The molecule has 3 aromatic rings. The molecule has 0 atom stereocenters. The van der Waals surface area contributed by atoms with Gasteiger partial charge in [0.05, 0.1) is 11.9 Å². The highest BCUT2D eigenvalue weighted by atomic mass is 79.9. The Morgan fingerprint density at radius 2 is 2.06 bits per heavy atom. The van der Waals surface area contributed by atoms with E-state index in [9.17, 15) is 0 Å². The first kappa shape index (κ1) is 10.4. The van der Waals surface area contributed by atoms with Crippen molar-refractivity contribution in [2.24, 2.45) is 0 Å². The molecule has 0 bridgehead atoms. The van der Waals surface area contributed by atoms with E-state index in [0.29, 0.717) is 0 Å². The highest BCUT2D eigenvalue weighted by molar-refractivity contribution is 9.10. The normalized spacial score (nSPS) is 10.9. The Bertz CT molecular complexity index is 690. The van der Waals surface area contributed by atoms with Crippen molar-refractivity contribution < 1.29 is 0 Å². The smallest absolute Gasteiger partial charge is 0.154 e. The molecule has 4 nitrogen and oxygen atoms in total. The second kappa shape index (κ2) is 3.92. The standard InChI is InChI=1S/C12H9BrN4/c1-8-6-9(4-5-14-8)10-2-3-12-15-7-11(13)17(12)16-10/h2-7H,1H3. The third kappa shape index (κ3) is 1.82. The summed E-state index contributed by atoms with van der Waals surface area (Å²) in [5.41, 5.74) is 3.77. The molecule has 84 valence electrons. The van der Waals surface area contributed by atoms with Crippen LogP contribution in [0, 0.1) is 6.92 Å². The Hall–Kier alpha value is -1.75. The van der Waals surface area contributed by atoms with E-state index in [4.69, 9.17) is 0 Å². The first-order chi connectivity index (χ1) is 8.24. The van der Waals surface area contributed by atoms with Crippen LogP contribution in [0.15, 0.2) is 41.3 Å². The lowest BCUT2D eigenvalue weighted by molar-refractivity contribution is 0.921. The summed E-state index contributed by atoms with van der Waals surface area (Å²) in [6.07, 6.45) is 3.53. The Kier molecular flexibility index (Phi) is 2.40. The molecule has 17 heavy (non-hydrogen) atoms. The SMILES string of the molecule is Cc1cc(-c2ccc3ncc(Br)n3n2)ccn1. The van der Waals surface area contributed by atoms with E-state index in [1.54, 1.807) is 16.9 Å². The molecular formula is C12H9BrN4. The summed E-state index contributed by atoms with van der Waals surface area (Å²) in [5, 5.41) is 4.53. The zero-order valence-corrected chi connectivity index (χ0v) is 10.7. The molecule has 0 N–H and O–H groups in total. The molecule has 0 radical (unpaired) electrons. The van der Waals surface area contributed by atoms with Gasteiger partial charge in [-0.05, 0) is 47.1 Å². The number of fused-ring (bicyclic) bond motifs is 1.